The molecule has 2 saturated heterocycles. The molecule has 150 valence electrons. The first-order chi connectivity index (χ1) is 13.4. The van der Waals surface area contributed by atoms with Gasteiger partial charge in [0.25, 0.3) is 0 Å². The standard InChI is InChI=1S/C24H31ClN2O/c1-23(2,3)22-24(11-13-26-14-12-24)17-27(22)16-18-5-4-6-21(15-18)28-20-9-7-19(25)8-10-20/h4-10,15,22,26H,11-14,16-17H2,1-3H3. The zero-order valence-corrected chi connectivity index (χ0v) is 17.9. The van der Waals surface area contributed by atoms with Crippen molar-refractivity contribution in [2.24, 2.45) is 10.8 Å². The molecule has 2 aliphatic rings. The number of nitrogens with one attached hydrogen (secondary N) is 1. The molecule has 28 heavy (non-hydrogen) atoms. The largest absolute Gasteiger partial charge is 0.457 e. The smallest absolute Gasteiger partial charge is 0.127 e. The van der Waals surface area contributed by atoms with Crippen molar-refractivity contribution in [3.8, 4) is 11.5 Å². The number of rotatable bonds is 4. The first-order valence-electron chi connectivity index (χ1n) is 10.3. The third-order valence-electron chi connectivity index (χ3n) is 6.22. The van der Waals surface area contributed by atoms with E-state index in [9.17, 15) is 0 Å². The van der Waals surface area contributed by atoms with Crippen LogP contribution in [0.2, 0.25) is 5.02 Å². The minimum Gasteiger partial charge on any atom is -0.457 e. The van der Waals surface area contributed by atoms with E-state index in [0.717, 1.165) is 36.2 Å². The van der Waals surface area contributed by atoms with Gasteiger partial charge >= 0.3 is 0 Å². The Hall–Kier alpha value is -1.55. The molecule has 0 bridgehead atoms. The first kappa shape index (κ1) is 19.8. The van der Waals surface area contributed by atoms with Gasteiger partial charge in [0.15, 0.2) is 0 Å². The van der Waals surface area contributed by atoms with E-state index in [1.165, 1.54) is 24.9 Å². The van der Waals surface area contributed by atoms with Crippen LogP contribution in [0.3, 0.4) is 0 Å². The fourth-order valence-corrected chi connectivity index (χ4v) is 5.53. The predicted molar refractivity (Wildman–Crippen MR) is 116 cm³/mol. The van der Waals surface area contributed by atoms with Crippen LogP contribution < -0.4 is 10.1 Å². The molecule has 2 aromatic rings. The Morgan fingerprint density at radius 2 is 1.79 bits per heavy atom. The van der Waals surface area contributed by atoms with Gasteiger partial charge in [0, 0.05) is 29.6 Å². The van der Waals surface area contributed by atoms with Gasteiger partial charge in [-0.25, -0.2) is 0 Å². The van der Waals surface area contributed by atoms with E-state index in [2.05, 4.69) is 49.2 Å². The fraction of sp³-hybridized carbons (Fsp3) is 0.500. The molecule has 2 fully saturated rings. The molecule has 0 saturated carbocycles. The number of nitrogens with zero attached hydrogens (tertiary/aromatic N) is 1. The number of piperidine rings is 1. The highest BCUT2D eigenvalue weighted by molar-refractivity contribution is 6.30. The molecule has 0 aromatic heterocycles. The molecule has 2 aliphatic heterocycles. The molecule has 3 nitrogen and oxygen atoms in total. The van der Waals surface area contributed by atoms with Gasteiger partial charge in [0.2, 0.25) is 0 Å². The molecule has 0 radical (unpaired) electrons. The fourth-order valence-electron chi connectivity index (χ4n) is 5.41. The Balaban J connectivity index is 1.47. The van der Waals surface area contributed by atoms with Crippen LogP contribution in [0.5, 0.6) is 11.5 Å². The molecular weight excluding hydrogens is 368 g/mol. The van der Waals surface area contributed by atoms with Gasteiger partial charge in [0.1, 0.15) is 11.5 Å². The van der Waals surface area contributed by atoms with E-state index in [1.807, 2.05) is 30.3 Å². The van der Waals surface area contributed by atoms with Crippen LogP contribution in [0.4, 0.5) is 0 Å². The molecule has 0 amide bonds. The van der Waals surface area contributed by atoms with Crippen molar-refractivity contribution >= 4 is 11.6 Å². The van der Waals surface area contributed by atoms with Crippen LogP contribution in [0.1, 0.15) is 39.2 Å². The van der Waals surface area contributed by atoms with Gasteiger partial charge < -0.3 is 10.1 Å². The van der Waals surface area contributed by atoms with Gasteiger partial charge in [-0.2, -0.15) is 0 Å². The molecule has 2 aromatic carbocycles. The quantitative estimate of drug-likeness (QED) is 0.711. The summed E-state index contributed by atoms with van der Waals surface area (Å²) in [5.41, 5.74) is 2.08. The Morgan fingerprint density at radius 3 is 2.46 bits per heavy atom. The summed E-state index contributed by atoms with van der Waals surface area (Å²) in [6, 6.07) is 16.6. The Kier molecular flexibility index (Phi) is 5.43. The third-order valence-corrected chi connectivity index (χ3v) is 6.47. The molecule has 1 N–H and O–H groups in total. The average molecular weight is 399 g/mol. The van der Waals surface area contributed by atoms with Crippen LogP contribution >= 0.6 is 11.6 Å². The summed E-state index contributed by atoms with van der Waals surface area (Å²) >= 11 is 5.97. The predicted octanol–water partition coefficient (Wildman–Crippen LogP) is 5.73. The van der Waals surface area contributed by atoms with E-state index in [0.29, 0.717) is 11.5 Å². The zero-order chi connectivity index (χ0) is 19.8. The van der Waals surface area contributed by atoms with E-state index in [-0.39, 0.29) is 5.41 Å². The monoisotopic (exact) mass is 398 g/mol. The topological polar surface area (TPSA) is 24.5 Å². The molecule has 4 rings (SSSR count). The van der Waals surface area contributed by atoms with E-state index >= 15 is 0 Å². The van der Waals surface area contributed by atoms with Crippen LogP contribution in [-0.4, -0.2) is 30.6 Å². The number of benzene rings is 2. The summed E-state index contributed by atoms with van der Waals surface area (Å²) < 4.78 is 6.03. The maximum Gasteiger partial charge on any atom is 0.127 e. The Labute approximate surface area is 174 Å². The number of ether oxygens (including phenoxy) is 1. The molecular formula is C24H31ClN2O. The van der Waals surface area contributed by atoms with Crippen LogP contribution in [0.15, 0.2) is 48.5 Å². The molecule has 1 unspecified atom stereocenters. The lowest BCUT2D eigenvalue weighted by Crippen LogP contribution is -2.70. The SMILES string of the molecule is CC(C)(C)C1N(Cc2cccc(Oc3ccc(Cl)cc3)c2)CC12CCNCC2. The second-order valence-corrected chi connectivity index (χ2v) is 9.93. The lowest BCUT2D eigenvalue weighted by molar-refractivity contribution is -0.146. The van der Waals surface area contributed by atoms with Crippen LogP contribution in [0.25, 0.3) is 0 Å². The second-order valence-electron chi connectivity index (χ2n) is 9.49. The first-order valence-corrected chi connectivity index (χ1v) is 10.7. The van der Waals surface area contributed by atoms with Crippen LogP contribution in [0, 0.1) is 10.8 Å². The van der Waals surface area contributed by atoms with Crippen molar-refractivity contribution in [3.63, 3.8) is 0 Å². The minimum atomic E-state index is 0.285. The van der Waals surface area contributed by atoms with Gasteiger partial charge in [-0.1, -0.05) is 44.5 Å². The molecule has 1 atom stereocenters. The summed E-state index contributed by atoms with van der Waals surface area (Å²) in [5, 5.41) is 4.26. The summed E-state index contributed by atoms with van der Waals surface area (Å²) in [5.74, 6) is 1.69. The number of hydrogen-bond acceptors (Lipinski definition) is 3. The molecule has 1 spiro atoms. The van der Waals surface area contributed by atoms with Crippen molar-refractivity contribution in [1.82, 2.24) is 10.2 Å². The van der Waals surface area contributed by atoms with Crippen molar-refractivity contribution < 1.29 is 4.74 Å². The van der Waals surface area contributed by atoms with E-state index in [1.54, 1.807) is 0 Å². The summed E-state index contributed by atoms with van der Waals surface area (Å²) in [6.45, 7) is 11.7. The maximum atomic E-state index is 6.03. The second kappa shape index (κ2) is 7.70. The van der Waals surface area contributed by atoms with Gasteiger partial charge in [-0.3, -0.25) is 4.90 Å². The maximum absolute atomic E-state index is 6.03. The van der Waals surface area contributed by atoms with Crippen molar-refractivity contribution in [2.45, 2.75) is 46.2 Å². The van der Waals surface area contributed by atoms with Gasteiger partial charge in [0.05, 0.1) is 0 Å². The summed E-state index contributed by atoms with van der Waals surface area (Å²) in [6.07, 6.45) is 2.59. The highest BCUT2D eigenvalue weighted by atomic mass is 35.5. The van der Waals surface area contributed by atoms with Crippen molar-refractivity contribution in [1.29, 1.82) is 0 Å². The number of halogens is 1. The number of hydrogen-bond donors (Lipinski definition) is 1. The van der Waals surface area contributed by atoms with Crippen LogP contribution in [-0.2, 0) is 6.54 Å². The molecule has 2 heterocycles. The highest BCUT2D eigenvalue weighted by Gasteiger charge is 2.56. The van der Waals surface area contributed by atoms with Gasteiger partial charge in [-0.05, 0) is 73.3 Å². The highest BCUT2D eigenvalue weighted by Crippen LogP contribution is 2.52. The summed E-state index contributed by atoms with van der Waals surface area (Å²) in [7, 11) is 0. The summed E-state index contributed by atoms with van der Waals surface area (Å²) in [4.78, 5) is 2.67. The third kappa shape index (κ3) is 4.07. The number of likely N-dealkylation sites (tertiary alicyclic amines) is 1. The normalized spacial score (nSPS) is 22.1. The van der Waals surface area contributed by atoms with Gasteiger partial charge in [-0.15, -0.1) is 0 Å². The average Bonchev–Trinajstić information content (AvgIpc) is 2.63. The minimum absolute atomic E-state index is 0.285. The van der Waals surface area contributed by atoms with Crippen molar-refractivity contribution in [2.75, 3.05) is 19.6 Å². The Morgan fingerprint density at radius 1 is 1.07 bits per heavy atom. The van der Waals surface area contributed by atoms with E-state index in [4.69, 9.17) is 16.3 Å². The molecule has 4 heteroatoms. The lowest BCUT2D eigenvalue weighted by Gasteiger charge is -2.64. The van der Waals surface area contributed by atoms with E-state index < -0.39 is 0 Å². The molecule has 0 aliphatic carbocycles. The Bertz CT molecular complexity index is 806. The van der Waals surface area contributed by atoms with Crippen molar-refractivity contribution in [3.05, 3.63) is 59.1 Å². The lowest BCUT2D eigenvalue weighted by atomic mass is 9.58. The zero-order valence-electron chi connectivity index (χ0n) is 17.2.